The third-order valence-electron chi connectivity index (χ3n) is 4.51. The number of ether oxygens (including phenoxy) is 2. The maximum Gasteiger partial charge on any atom is 0.410 e. The molecule has 1 unspecified atom stereocenters. The summed E-state index contributed by atoms with van der Waals surface area (Å²) >= 11 is 1.60. The summed E-state index contributed by atoms with van der Waals surface area (Å²) < 4.78 is 9.89. The van der Waals surface area contributed by atoms with Crippen molar-refractivity contribution < 1.29 is 23.9 Å². The highest BCUT2D eigenvalue weighted by molar-refractivity contribution is 7.99. The molecule has 7 nitrogen and oxygen atoms in total. The number of esters is 1. The molecule has 0 radical (unpaired) electrons. The molecule has 0 spiro atoms. The summed E-state index contributed by atoms with van der Waals surface area (Å²) in [6, 6.07) is 9.36. The molecule has 1 aliphatic rings. The number of hydrogen-bond donors (Lipinski definition) is 0. The molecule has 0 bridgehead atoms. The lowest BCUT2D eigenvalue weighted by Gasteiger charge is -2.31. The van der Waals surface area contributed by atoms with Crippen molar-refractivity contribution in [2.75, 3.05) is 44.9 Å². The molecule has 1 heterocycles. The molecule has 1 aliphatic heterocycles. The minimum absolute atomic E-state index is 0.104. The van der Waals surface area contributed by atoms with E-state index >= 15 is 0 Å². The maximum atomic E-state index is 13.0. The minimum atomic E-state index is -0.646. The Labute approximate surface area is 170 Å². The fourth-order valence-corrected chi connectivity index (χ4v) is 4.10. The number of rotatable bonds is 8. The molecule has 0 saturated carbocycles. The van der Waals surface area contributed by atoms with Gasteiger partial charge >= 0.3 is 12.1 Å². The molecular weight excluding hydrogens is 380 g/mol. The Morgan fingerprint density at radius 2 is 2.04 bits per heavy atom. The van der Waals surface area contributed by atoms with Crippen molar-refractivity contribution >= 4 is 29.7 Å². The van der Waals surface area contributed by atoms with Crippen molar-refractivity contribution in [2.45, 2.75) is 25.8 Å². The highest BCUT2D eigenvalue weighted by atomic mass is 32.2. The lowest BCUT2D eigenvalue weighted by Crippen LogP contribution is -2.53. The van der Waals surface area contributed by atoms with Gasteiger partial charge in [-0.1, -0.05) is 30.3 Å². The normalized spacial score (nSPS) is 17.0. The number of hydrogen-bond acceptors (Lipinski definition) is 6. The molecule has 28 heavy (non-hydrogen) atoms. The first-order valence-electron chi connectivity index (χ1n) is 9.47. The van der Waals surface area contributed by atoms with E-state index in [-0.39, 0.29) is 19.1 Å². The first kappa shape index (κ1) is 22.1. The summed E-state index contributed by atoms with van der Waals surface area (Å²) in [5.41, 5.74) is 1.18. The molecule has 154 valence electrons. The van der Waals surface area contributed by atoms with Gasteiger partial charge in [0.05, 0.1) is 13.7 Å². The second-order valence-corrected chi connectivity index (χ2v) is 7.56. The molecular formula is C20H28N2O5S. The minimum Gasteiger partial charge on any atom is -0.468 e. The molecule has 1 saturated heterocycles. The Morgan fingerprint density at radius 1 is 1.29 bits per heavy atom. The predicted octanol–water partition coefficient (Wildman–Crippen LogP) is 2.19. The van der Waals surface area contributed by atoms with E-state index < -0.39 is 18.1 Å². The highest BCUT2D eigenvalue weighted by Crippen LogP contribution is 2.19. The van der Waals surface area contributed by atoms with Crippen molar-refractivity contribution in [3.05, 3.63) is 35.9 Å². The standard InChI is InChI=1S/C20H28N2O5S/c1-3-27-20(25)22(11-7-10-16-8-5-4-6-9-16)17-15-28-13-12-21(19(17)24)14-18(23)26-2/h4-6,8-9,17H,3,7,10-15H2,1-2H3. The van der Waals surface area contributed by atoms with Crippen LogP contribution in [0.2, 0.25) is 0 Å². The summed E-state index contributed by atoms with van der Waals surface area (Å²) in [5, 5.41) is 0. The van der Waals surface area contributed by atoms with E-state index in [1.165, 1.54) is 22.5 Å². The Hall–Kier alpha value is -2.22. The molecule has 0 N–H and O–H groups in total. The zero-order valence-electron chi connectivity index (χ0n) is 16.5. The van der Waals surface area contributed by atoms with Gasteiger partial charge in [-0.3, -0.25) is 14.5 Å². The van der Waals surface area contributed by atoms with Gasteiger partial charge in [-0.25, -0.2) is 4.79 Å². The van der Waals surface area contributed by atoms with Gasteiger partial charge in [-0.15, -0.1) is 0 Å². The molecule has 2 amide bonds. The van der Waals surface area contributed by atoms with Crippen LogP contribution in [0.1, 0.15) is 18.9 Å². The van der Waals surface area contributed by atoms with Crippen LogP contribution >= 0.6 is 11.8 Å². The van der Waals surface area contributed by atoms with E-state index in [1.807, 2.05) is 30.3 Å². The van der Waals surface area contributed by atoms with Crippen LogP contribution in [0.5, 0.6) is 0 Å². The van der Waals surface area contributed by atoms with Crippen LogP contribution < -0.4 is 0 Å². The van der Waals surface area contributed by atoms with Gasteiger partial charge in [0.1, 0.15) is 12.6 Å². The van der Waals surface area contributed by atoms with E-state index in [9.17, 15) is 14.4 Å². The average Bonchev–Trinajstić information content (AvgIpc) is 2.88. The number of carbonyl (C=O) groups excluding carboxylic acids is 3. The number of amides is 2. The van der Waals surface area contributed by atoms with Crippen LogP contribution in [-0.2, 0) is 25.5 Å². The third kappa shape index (κ3) is 6.44. The summed E-state index contributed by atoms with van der Waals surface area (Å²) in [5.74, 6) is 0.495. The molecule has 0 aromatic heterocycles. The Bertz CT molecular complexity index is 655. The van der Waals surface area contributed by atoms with Crippen LogP contribution in [0, 0.1) is 0 Å². The van der Waals surface area contributed by atoms with E-state index in [1.54, 1.807) is 18.7 Å². The zero-order valence-corrected chi connectivity index (χ0v) is 17.3. The number of carbonyl (C=O) groups is 3. The van der Waals surface area contributed by atoms with Gasteiger partial charge in [-0.05, 0) is 25.3 Å². The van der Waals surface area contributed by atoms with E-state index in [0.717, 1.165) is 6.42 Å². The highest BCUT2D eigenvalue weighted by Gasteiger charge is 2.36. The van der Waals surface area contributed by atoms with Gasteiger partial charge in [0.25, 0.3) is 0 Å². The van der Waals surface area contributed by atoms with Crippen LogP contribution in [0.25, 0.3) is 0 Å². The van der Waals surface area contributed by atoms with Crippen molar-refractivity contribution in [3.63, 3.8) is 0 Å². The first-order valence-corrected chi connectivity index (χ1v) is 10.6. The van der Waals surface area contributed by atoms with Crippen molar-refractivity contribution in [3.8, 4) is 0 Å². The monoisotopic (exact) mass is 408 g/mol. The van der Waals surface area contributed by atoms with Gasteiger partial charge in [0.15, 0.2) is 0 Å². The lowest BCUT2D eigenvalue weighted by molar-refractivity contribution is -0.148. The molecule has 2 rings (SSSR count). The summed E-state index contributed by atoms with van der Waals surface area (Å²) in [6.45, 7) is 2.75. The van der Waals surface area contributed by atoms with Crippen LogP contribution in [0.15, 0.2) is 30.3 Å². The van der Waals surface area contributed by atoms with Crippen LogP contribution in [0.3, 0.4) is 0 Å². The lowest BCUT2D eigenvalue weighted by atomic mass is 10.1. The van der Waals surface area contributed by atoms with Gasteiger partial charge < -0.3 is 14.4 Å². The van der Waals surface area contributed by atoms with Crippen molar-refractivity contribution in [1.82, 2.24) is 9.80 Å². The van der Waals surface area contributed by atoms with E-state index in [0.29, 0.717) is 31.0 Å². The van der Waals surface area contributed by atoms with Gasteiger partial charge in [0, 0.05) is 24.6 Å². The molecule has 1 aromatic rings. The largest absolute Gasteiger partial charge is 0.468 e. The number of thioether (sulfide) groups is 1. The predicted molar refractivity (Wildman–Crippen MR) is 108 cm³/mol. The second kappa shape index (κ2) is 11.6. The zero-order chi connectivity index (χ0) is 20.4. The molecule has 1 fully saturated rings. The van der Waals surface area contributed by atoms with Crippen LogP contribution in [0.4, 0.5) is 4.79 Å². The Morgan fingerprint density at radius 3 is 2.71 bits per heavy atom. The molecule has 0 aliphatic carbocycles. The summed E-state index contributed by atoms with van der Waals surface area (Å²) in [6.07, 6.45) is 1.03. The van der Waals surface area contributed by atoms with E-state index in [4.69, 9.17) is 9.47 Å². The average molecular weight is 409 g/mol. The van der Waals surface area contributed by atoms with Gasteiger partial charge in [0.2, 0.25) is 5.91 Å². The van der Waals surface area contributed by atoms with Crippen LogP contribution in [-0.4, -0.2) is 78.7 Å². The Kier molecular flexibility index (Phi) is 9.13. The number of benzene rings is 1. The summed E-state index contributed by atoms with van der Waals surface area (Å²) in [4.78, 5) is 40.2. The molecule has 1 atom stereocenters. The molecule has 1 aromatic carbocycles. The van der Waals surface area contributed by atoms with Gasteiger partial charge in [-0.2, -0.15) is 11.8 Å². The van der Waals surface area contributed by atoms with Crippen molar-refractivity contribution in [2.24, 2.45) is 0 Å². The summed E-state index contributed by atoms with van der Waals surface area (Å²) in [7, 11) is 1.30. The fourth-order valence-electron chi connectivity index (χ4n) is 3.04. The maximum absolute atomic E-state index is 13.0. The number of methoxy groups -OCH3 is 1. The fraction of sp³-hybridized carbons (Fsp3) is 0.550. The second-order valence-electron chi connectivity index (χ2n) is 6.41. The quantitative estimate of drug-likeness (QED) is 0.614. The smallest absolute Gasteiger partial charge is 0.410 e. The number of nitrogens with zero attached hydrogens (tertiary/aromatic N) is 2. The third-order valence-corrected chi connectivity index (χ3v) is 5.53. The van der Waals surface area contributed by atoms with E-state index in [2.05, 4.69) is 0 Å². The first-order chi connectivity index (χ1) is 13.6. The Balaban J connectivity index is 2.09. The SMILES string of the molecule is CCOC(=O)N(CCCc1ccccc1)C1CSCCN(CC(=O)OC)C1=O. The topological polar surface area (TPSA) is 76.2 Å². The van der Waals surface area contributed by atoms with Crippen molar-refractivity contribution in [1.29, 1.82) is 0 Å². The molecule has 8 heteroatoms. The number of aryl methyl sites for hydroxylation is 1.